The molecule has 3 N–H and O–H groups in total. The quantitative estimate of drug-likeness (QED) is 0.646. The Morgan fingerprint density at radius 2 is 1.19 bits per heavy atom. The maximum absolute atomic E-state index is 12.5. The Labute approximate surface area is 158 Å². The standard InChI is InChI=1S/C18H17BrN2O5/c19-13-3-1-11(2-4-13)17(25)20-5-7-21(8-6-20)18(26)12-9-14(22)16(24)15(23)10-12/h1-4,9-10,22-24H,5-8H2. The lowest BCUT2D eigenvalue weighted by molar-refractivity contribution is 0.0535. The molecule has 1 saturated heterocycles. The van der Waals surface area contributed by atoms with Crippen molar-refractivity contribution in [1.29, 1.82) is 0 Å². The first kappa shape index (κ1) is 18.1. The van der Waals surface area contributed by atoms with Crippen molar-refractivity contribution >= 4 is 27.7 Å². The SMILES string of the molecule is O=C(c1ccc(Br)cc1)N1CCN(C(=O)c2cc(O)c(O)c(O)c2)CC1. The lowest BCUT2D eigenvalue weighted by Gasteiger charge is -2.35. The molecule has 136 valence electrons. The zero-order valence-corrected chi connectivity index (χ0v) is 15.3. The van der Waals surface area contributed by atoms with Gasteiger partial charge in [-0.1, -0.05) is 15.9 Å². The van der Waals surface area contributed by atoms with Crippen molar-refractivity contribution in [2.45, 2.75) is 0 Å². The zero-order chi connectivity index (χ0) is 18.8. The van der Waals surface area contributed by atoms with Crippen LogP contribution in [0.5, 0.6) is 17.2 Å². The molecule has 0 atom stereocenters. The molecule has 0 spiro atoms. The van der Waals surface area contributed by atoms with Crippen LogP contribution in [0.4, 0.5) is 0 Å². The third-order valence-electron chi connectivity index (χ3n) is 4.26. The normalized spacial score (nSPS) is 14.3. The fourth-order valence-corrected chi connectivity index (χ4v) is 3.06. The van der Waals surface area contributed by atoms with Gasteiger partial charge >= 0.3 is 0 Å². The van der Waals surface area contributed by atoms with Gasteiger partial charge in [0.15, 0.2) is 17.2 Å². The van der Waals surface area contributed by atoms with Crippen molar-refractivity contribution in [3.8, 4) is 17.2 Å². The second-order valence-corrected chi connectivity index (χ2v) is 6.87. The predicted molar refractivity (Wildman–Crippen MR) is 97.4 cm³/mol. The number of nitrogens with zero attached hydrogens (tertiary/aromatic N) is 2. The molecule has 2 aromatic rings. The smallest absolute Gasteiger partial charge is 0.254 e. The number of halogens is 1. The van der Waals surface area contributed by atoms with Crippen molar-refractivity contribution in [3.05, 3.63) is 52.0 Å². The summed E-state index contributed by atoms with van der Waals surface area (Å²) in [5.41, 5.74) is 0.659. The van der Waals surface area contributed by atoms with E-state index >= 15 is 0 Å². The second-order valence-electron chi connectivity index (χ2n) is 5.95. The lowest BCUT2D eigenvalue weighted by atomic mass is 10.1. The van der Waals surface area contributed by atoms with Gasteiger partial charge in [0.05, 0.1) is 0 Å². The Kier molecular flexibility index (Phi) is 5.03. The Morgan fingerprint density at radius 3 is 1.65 bits per heavy atom. The summed E-state index contributed by atoms with van der Waals surface area (Å²) < 4.78 is 0.893. The summed E-state index contributed by atoms with van der Waals surface area (Å²) in [6, 6.07) is 9.30. The predicted octanol–water partition coefficient (Wildman–Crippen LogP) is 2.16. The Morgan fingerprint density at radius 1 is 0.769 bits per heavy atom. The highest BCUT2D eigenvalue weighted by Crippen LogP contribution is 2.35. The maximum Gasteiger partial charge on any atom is 0.254 e. The number of carbonyl (C=O) groups excluding carboxylic acids is 2. The Balaban J connectivity index is 1.65. The molecular weight excluding hydrogens is 404 g/mol. The molecule has 3 rings (SSSR count). The minimum Gasteiger partial charge on any atom is -0.504 e. The molecular formula is C18H17BrN2O5. The van der Waals surface area contributed by atoms with E-state index < -0.39 is 17.2 Å². The topological polar surface area (TPSA) is 101 Å². The summed E-state index contributed by atoms with van der Waals surface area (Å²) >= 11 is 3.33. The van der Waals surface area contributed by atoms with E-state index in [-0.39, 0.29) is 17.4 Å². The number of aromatic hydroxyl groups is 3. The highest BCUT2D eigenvalue weighted by atomic mass is 79.9. The third kappa shape index (κ3) is 3.60. The molecule has 7 nitrogen and oxygen atoms in total. The molecule has 26 heavy (non-hydrogen) atoms. The van der Waals surface area contributed by atoms with E-state index in [9.17, 15) is 24.9 Å². The summed E-state index contributed by atoms with van der Waals surface area (Å²) in [5, 5.41) is 28.5. The van der Waals surface area contributed by atoms with Crippen molar-refractivity contribution in [2.75, 3.05) is 26.2 Å². The number of phenolic OH excluding ortho intramolecular Hbond substituents is 3. The van der Waals surface area contributed by atoms with Crippen molar-refractivity contribution in [1.82, 2.24) is 9.80 Å². The Hall–Kier alpha value is -2.74. The van der Waals surface area contributed by atoms with Crippen LogP contribution in [-0.4, -0.2) is 63.1 Å². The molecule has 8 heteroatoms. The number of piperazine rings is 1. The second kappa shape index (κ2) is 7.25. The van der Waals surface area contributed by atoms with Crippen LogP contribution in [0.3, 0.4) is 0 Å². The van der Waals surface area contributed by atoms with Crippen LogP contribution in [0.1, 0.15) is 20.7 Å². The molecule has 1 fully saturated rings. The molecule has 0 radical (unpaired) electrons. The minimum atomic E-state index is -0.661. The molecule has 0 unspecified atom stereocenters. The molecule has 0 saturated carbocycles. The summed E-state index contributed by atoms with van der Waals surface area (Å²) in [7, 11) is 0. The van der Waals surface area contributed by atoms with Gasteiger partial charge in [0.2, 0.25) is 0 Å². The van der Waals surface area contributed by atoms with Crippen LogP contribution in [0.2, 0.25) is 0 Å². The van der Waals surface area contributed by atoms with E-state index in [1.807, 2.05) is 0 Å². The molecule has 2 aromatic carbocycles. The summed E-state index contributed by atoms with van der Waals surface area (Å²) in [6.45, 7) is 1.44. The van der Waals surface area contributed by atoms with Crippen LogP contribution >= 0.6 is 15.9 Å². The van der Waals surface area contributed by atoms with Gasteiger partial charge < -0.3 is 25.1 Å². The van der Waals surface area contributed by atoms with Gasteiger partial charge in [-0.05, 0) is 36.4 Å². The number of hydrogen-bond acceptors (Lipinski definition) is 5. The van der Waals surface area contributed by atoms with E-state index in [0.717, 1.165) is 16.6 Å². The van der Waals surface area contributed by atoms with Crippen molar-refractivity contribution in [2.24, 2.45) is 0 Å². The summed E-state index contributed by atoms with van der Waals surface area (Å²) in [6.07, 6.45) is 0. The summed E-state index contributed by atoms with van der Waals surface area (Å²) in [5.74, 6) is -2.25. The van der Waals surface area contributed by atoms with Crippen LogP contribution in [0, 0.1) is 0 Å². The van der Waals surface area contributed by atoms with Gasteiger partial charge in [-0.25, -0.2) is 0 Å². The Bertz CT molecular complexity index is 822. The molecule has 0 aromatic heterocycles. The number of hydrogen-bond donors (Lipinski definition) is 3. The monoisotopic (exact) mass is 420 g/mol. The van der Waals surface area contributed by atoms with Crippen molar-refractivity contribution in [3.63, 3.8) is 0 Å². The van der Waals surface area contributed by atoms with Gasteiger partial charge in [0.25, 0.3) is 11.8 Å². The number of carbonyl (C=O) groups is 2. The molecule has 1 aliphatic heterocycles. The van der Waals surface area contributed by atoms with Gasteiger partial charge in [0, 0.05) is 41.8 Å². The first-order chi connectivity index (χ1) is 12.4. The van der Waals surface area contributed by atoms with Gasteiger partial charge in [-0.2, -0.15) is 0 Å². The third-order valence-corrected chi connectivity index (χ3v) is 4.79. The molecule has 0 bridgehead atoms. The highest BCUT2D eigenvalue weighted by molar-refractivity contribution is 9.10. The fraction of sp³-hybridized carbons (Fsp3) is 0.222. The number of phenols is 3. The average Bonchev–Trinajstić information content (AvgIpc) is 2.65. The van der Waals surface area contributed by atoms with Gasteiger partial charge in [-0.15, -0.1) is 0 Å². The van der Waals surface area contributed by atoms with Gasteiger partial charge in [0.1, 0.15) is 0 Å². The van der Waals surface area contributed by atoms with Gasteiger partial charge in [-0.3, -0.25) is 9.59 Å². The number of rotatable bonds is 2. The largest absolute Gasteiger partial charge is 0.504 e. The number of benzene rings is 2. The molecule has 1 aliphatic rings. The van der Waals surface area contributed by atoms with E-state index in [2.05, 4.69) is 15.9 Å². The van der Waals surface area contributed by atoms with Crippen LogP contribution in [0.15, 0.2) is 40.9 Å². The zero-order valence-electron chi connectivity index (χ0n) is 13.7. The number of amides is 2. The fourth-order valence-electron chi connectivity index (χ4n) is 2.80. The molecule has 0 aliphatic carbocycles. The van der Waals surface area contributed by atoms with Crippen LogP contribution < -0.4 is 0 Å². The first-order valence-corrected chi connectivity index (χ1v) is 8.75. The van der Waals surface area contributed by atoms with Crippen LogP contribution in [0.25, 0.3) is 0 Å². The molecule has 1 heterocycles. The minimum absolute atomic E-state index is 0.0745. The van der Waals surface area contributed by atoms with E-state index in [4.69, 9.17) is 0 Å². The van der Waals surface area contributed by atoms with E-state index in [1.54, 1.807) is 29.2 Å². The average molecular weight is 421 g/mol. The summed E-state index contributed by atoms with van der Waals surface area (Å²) in [4.78, 5) is 28.2. The first-order valence-electron chi connectivity index (χ1n) is 7.96. The maximum atomic E-state index is 12.5. The molecule has 2 amide bonds. The van der Waals surface area contributed by atoms with Crippen LogP contribution in [-0.2, 0) is 0 Å². The van der Waals surface area contributed by atoms with Crippen molar-refractivity contribution < 1.29 is 24.9 Å². The highest BCUT2D eigenvalue weighted by Gasteiger charge is 2.26. The lowest BCUT2D eigenvalue weighted by Crippen LogP contribution is -2.50. The van der Waals surface area contributed by atoms with E-state index in [0.29, 0.717) is 31.7 Å². The van der Waals surface area contributed by atoms with E-state index in [1.165, 1.54) is 4.90 Å².